The summed E-state index contributed by atoms with van der Waals surface area (Å²) in [5, 5.41) is 3.07. The quantitative estimate of drug-likeness (QED) is 0.775. The molecule has 9 heteroatoms. The summed E-state index contributed by atoms with van der Waals surface area (Å²) in [6.07, 6.45) is 1.36. The average molecular weight is 390 g/mol. The number of sulfonamides is 1. The first-order chi connectivity index (χ1) is 12.9. The van der Waals surface area contributed by atoms with Gasteiger partial charge in [0.25, 0.3) is 0 Å². The molecule has 1 aliphatic heterocycles. The Kier molecular flexibility index (Phi) is 5.73. The molecule has 1 aliphatic rings. The van der Waals surface area contributed by atoms with Gasteiger partial charge in [-0.25, -0.2) is 18.2 Å². The second kappa shape index (κ2) is 8.03. The normalized spacial score (nSPS) is 16.1. The fourth-order valence-corrected chi connectivity index (χ4v) is 4.11. The molecule has 144 valence electrons. The first-order valence-electron chi connectivity index (χ1n) is 8.50. The van der Waals surface area contributed by atoms with Crippen LogP contribution < -0.4 is 5.32 Å². The number of ether oxygens (including phenoxy) is 1. The molecule has 0 aliphatic carbocycles. The molecule has 0 saturated carbocycles. The van der Waals surface area contributed by atoms with E-state index in [2.05, 4.69) is 19.9 Å². The minimum atomic E-state index is -3.53. The van der Waals surface area contributed by atoms with Gasteiger partial charge in [0.1, 0.15) is 10.7 Å². The summed E-state index contributed by atoms with van der Waals surface area (Å²) in [4.78, 5) is 17.9. The van der Waals surface area contributed by atoms with Crippen molar-refractivity contribution in [1.29, 1.82) is 0 Å². The Morgan fingerprint density at radius 3 is 2.30 bits per heavy atom. The smallest absolute Gasteiger partial charge is 0.337 e. The van der Waals surface area contributed by atoms with Gasteiger partial charge in [-0.15, -0.1) is 0 Å². The maximum Gasteiger partial charge on any atom is 0.337 e. The number of carbonyl (C=O) groups is 1. The van der Waals surface area contributed by atoms with E-state index in [-0.39, 0.29) is 4.90 Å². The van der Waals surface area contributed by atoms with E-state index in [0.29, 0.717) is 37.6 Å². The zero-order valence-corrected chi connectivity index (χ0v) is 16.1. The van der Waals surface area contributed by atoms with Crippen molar-refractivity contribution in [3.8, 4) is 0 Å². The van der Waals surface area contributed by atoms with E-state index in [9.17, 15) is 13.2 Å². The van der Waals surface area contributed by atoms with E-state index in [1.54, 1.807) is 36.4 Å². The first-order valence-corrected chi connectivity index (χ1v) is 9.94. The molecule has 2 aromatic rings. The summed E-state index contributed by atoms with van der Waals surface area (Å²) in [5.74, 6) is 0.108. The Morgan fingerprint density at radius 2 is 1.74 bits per heavy atom. The van der Waals surface area contributed by atoms with E-state index >= 15 is 0 Å². The number of anilines is 2. The lowest BCUT2D eigenvalue weighted by molar-refractivity contribution is 0.0600. The van der Waals surface area contributed by atoms with Crippen molar-refractivity contribution in [3.05, 3.63) is 48.2 Å². The molecule has 1 aromatic carbocycles. The second-order valence-electron chi connectivity index (χ2n) is 6.28. The fraction of sp³-hybridized carbons (Fsp3) is 0.333. The molecule has 2 heterocycles. The van der Waals surface area contributed by atoms with Gasteiger partial charge >= 0.3 is 5.97 Å². The molecule has 1 N–H and O–H groups in total. The van der Waals surface area contributed by atoms with Crippen molar-refractivity contribution < 1.29 is 17.9 Å². The molecule has 0 bridgehead atoms. The highest BCUT2D eigenvalue weighted by Crippen LogP contribution is 2.20. The van der Waals surface area contributed by atoms with Gasteiger partial charge in [-0.3, -0.25) is 0 Å². The van der Waals surface area contributed by atoms with Gasteiger partial charge in [0.05, 0.1) is 12.7 Å². The monoisotopic (exact) mass is 390 g/mol. The SMILES string of the molecule is COC(=O)c1ccc(Nc2ccc(S(=O)(=O)N3CCN(C)CC3)cn2)cc1. The van der Waals surface area contributed by atoms with E-state index in [4.69, 9.17) is 0 Å². The summed E-state index contributed by atoms with van der Waals surface area (Å²) in [6, 6.07) is 9.90. The molecule has 0 radical (unpaired) electrons. The zero-order valence-electron chi connectivity index (χ0n) is 15.3. The number of esters is 1. The highest BCUT2D eigenvalue weighted by Gasteiger charge is 2.27. The number of piperazine rings is 1. The van der Waals surface area contributed by atoms with Crippen molar-refractivity contribution in [3.63, 3.8) is 0 Å². The lowest BCUT2D eigenvalue weighted by Crippen LogP contribution is -2.47. The van der Waals surface area contributed by atoms with Gasteiger partial charge in [0.2, 0.25) is 10.0 Å². The molecular formula is C18H22N4O4S. The minimum Gasteiger partial charge on any atom is -0.465 e. The van der Waals surface area contributed by atoms with Crippen LogP contribution in [-0.4, -0.2) is 68.9 Å². The number of carbonyl (C=O) groups excluding carboxylic acids is 1. The Bertz CT molecular complexity index is 890. The van der Waals surface area contributed by atoms with Crippen LogP contribution in [0.1, 0.15) is 10.4 Å². The highest BCUT2D eigenvalue weighted by atomic mass is 32.2. The molecule has 0 unspecified atom stereocenters. The number of nitrogens with zero attached hydrogens (tertiary/aromatic N) is 3. The van der Waals surface area contributed by atoms with Gasteiger partial charge in [0.15, 0.2) is 0 Å². The number of benzene rings is 1. The number of methoxy groups -OCH3 is 1. The molecule has 27 heavy (non-hydrogen) atoms. The van der Waals surface area contributed by atoms with E-state index < -0.39 is 16.0 Å². The Hall–Kier alpha value is -2.49. The third-order valence-electron chi connectivity index (χ3n) is 4.41. The van der Waals surface area contributed by atoms with E-state index in [1.807, 2.05) is 7.05 Å². The van der Waals surface area contributed by atoms with Crippen molar-refractivity contribution in [2.24, 2.45) is 0 Å². The van der Waals surface area contributed by atoms with Gasteiger partial charge in [-0.2, -0.15) is 4.31 Å². The Morgan fingerprint density at radius 1 is 1.07 bits per heavy atom. The van der Waals surface area contributed by atoms with Crippen LogP contribution in [0.3, 0.4) is 0 Å². The molecular weight excluding hydrogens is 368 g/mol. The van der Waals surface area contributed by atoms with Crippen molar-refractivity contribution >= 4 is 27.5 Å². The Balaban J connectivity index is 1.69. The summed E-state index contributed by atoms with van der Waals surface area (Å²) in [5.41, 5.74) is 1.18. The molecule has 1 saturated heterocycles. The summed E-state index contributed by atoms with van der Waals surface area (Å²) >= 11 is 0. The van der Waals surface area contributed by atoms with Crippen LogP contribution in [0.2, 0.25) is 0 Å². The fourth-order valence-electron chi connectivity index (χ4n) is 2.74. The molecule has 8 nitrogen and oxygen atoms in total. The lowest BCUT2D eigenvalue weighted by atomic mass is 10.2. The number of hydrogen-bond acceptors (Lipinski definition) is 7. The third kappa shape index (κ3) is 4.44. The number of pyridine rings is 1. The van der Waals surface area contributed by atoms with Gasteiger partial charge < -0.3 is 15.0 Å². The van der Waals surface area contributed by atoms with E-state index in [0.717, 1.165) is 5.69 Å². The number of likely N-dealkylation sites (N-methyl/N-ethyl adjacent to an activating group) is 1. The lowest BCUT2D eigenvalue weighted by Gasteiger charge is -2.31. The van der Waals surface area contributed by atoms with Gasteiger partial charge in [0, 0.05) is 38.1 Å². The van der Waals surface area contributed by atoms with Crippen LogP contribution in [0.15, 0.2) is 47.5 Å². The number of rotatable bonds is 5. The molecule has 0 atom stereocenters. The van der Waals surface area contributed by atoms with Crippen LogP contribution in [-0.2, 0) is 14.8 Å². The average Bonchev–Trinajstić information content (AvgIpc) is 2.69. The third-order valence-corrected chi connectivity index (χ3v) is 6.30. The summed E-state index contributed by atoms with van der Waals surface area (Å²) in [6.45, 7) is 2.39. The topological polar surface area (TPSA) is 91.8 Å². The van der Waals surface area contributed by atoms with Crippen LogP contribution in [0.25, 0.3) is 0 Å². The number of aromatic nitrogens is 1. The minimum absolute atomic E-state index is 0.179. The number of hydrogen-bond donors (Lipinski definition) is 1. The maximum atomic E-state index is 12.7. The van der Waals surface area contributed by atoms with Crippen LogP contribution in [0, 0.1) is 0 Å². The maximum absolute atomic E-state index is 12.7. The standard InChI is InChI=1S/C18H22N4O4S/c1-21-9-11-22(12-10-21)27(24,25)16-7-8-17(19-13-16)20-15-5-3-14(4-6-15)18(23)26-2/h3-8,13H,9-12H2,1-2H3,(H,19,20). The molecule has 3 rings (SSSR count). The molecule has 1 aromatic heterocycles. The van der Waals surface area contributed by atoms with Crippen LogP contribution >= 0.6 is 0 Å². The van der Waals surface area contributed by atoms with E-state index in [1.165, 1.54) is 17.6 Å². The van der Waals surface area contributed by atoms with Crippen molar-refractivity contribution in [1.82, 2.24) is 14.2 Å². The predicted molar refractivity (Wildman–Crippen MR) is 102 cm³/mol. The first kappa shape index (κ1) is 19.3. The molecule has 1 fully saturated rings. The van der Waals surface area contributed by atoms with Gasteiger partial charge in [-0.1, -0.05) is 0 Å². The molecule has 0 spiro atoms. The predicted octanol–water partition coefficient (Wildman–Crippen LogP) is 1.55. The zero-order chi connectivity index (χ0) is 19.4. The van der Waals surface area contributed by atoms with Crippen LogP contribution in [0.4, 0.5) is 11.5 Å². The second-order valence-corrected chi connectivity index (χ2v) is 8.22. The Labute approximate surface area is 158 Å². The highest BCUT2D eigenvalue weighted by molar-refractivity contribution is 7.89. The summed E-state index contributed by atoms with van der Waals surface area (Å²) < 4.78 is 31.5. The largest absolute Gasteiger partial charge is 0.465 e. The van der Waals surface area contributed by atoms with Crippen LogP contribution in [0.5, 0.6) is 0 Å². The molecule has 0 amide bonds. The van der Waals surface area contributed by atoms with Crippen molar-refractivity contribution in [2.75, 3.05) is 45.7 Å². The summed E-state index contributed by atoms with van der Waals surface area (Å²) in [7, 11) is -0.223. The van der Waals surface area contributed by atoms with Crippen molar-refractivity contribution in [2.45, 2.75) is 4.90 Å². The number of nitrogens with one attached hydrogen (secondary N) is 1. The van der Waals surface area contributed by atoms with Gasteiger partial charge in [-0.05, 0) is 43.4 Å².